The summed E-state index contributed by atoms with van der Waals surface area (Å²) >= 11 is 1.70. The number of thioether (sulfide) groups is 1. The maximum absolute atomic E-state index is 12.0. The Balaban J connectivity index is 1.38. The van der Waals surface area contributed by atoms with E-state index in [-0.39, 0.29) is 5.91 Å². The molecule has 2 aliphatic heterocycles. The van der Waals surface area contributed by atoms with E-state index in [2.05, 4.69) is 5.32 Å². The highest BCUT2D eigenvalue weighted by Gasteiger charge is 2.30. The number of carbonyl (C=O) groups is 1. The average Bonchev–Trinajstić information content (AvgIpc) is 2.90. The topological polar surface area (TPSA) is 53.9 Å². The van der Waals surface area contributed by atoms with E-state index in [1.54, 1.807) is 11.8 Å². The van der Waals surface area contributed by atoms with Crippen molar-refractivity contribution in [2.45, 2.75) is 44.2 Å². The highest BCUT2D eigenvalue weighted by atomic mass is 32.2. The summed E-state index contributed by atoms with van der Waals surface area (Å²) in [7, 11) is 0. The van der Waals surface area contributed by atoms with Crippen molar-refractivity contribution in [2.24, 2.45) is 4.99 Å². The molecule has 3 aliphatic rings. The Morgan fingerprint density at radius 2 is 2.15 bits per heavy atom. The van der Waals surface area contributed by atoms with Crippen LogP contribution in [0, 0.1) is 0 Å². The van der Waals surface area contributed by atoms with Gasteiger partial charge in [-0.1, -0.05) is 24.6 Å². The van der Waals surface area contributed by atoms with Crippen LogP contribution in [0.3, 0.4) is 0 Å². The highest BCUT2D eigenvalue weighted by Crippen LogP contribution is 2.27. The second-order valence-corrected chi connectivity index (χ2v) is 6.71. The molecule has 1 unspecified atom stereocenters. The number of nitrogens with one attached hydrogen (secondary N) is 1. The molecule has 6 heteroatoms. The molecule has 2 heterocycles. The third-order valence-corrected chi connectivity index (χ3v) is 5.14. The molecule has 1 aliphatic carbocycles. The number of ether oxygens (including phenoxy) is 1. The number of nitrogens with zero attached hydrogens (tertiary/aromatic N) is 2. The molecule has 0 aromatic heterocycles. The molecular formula is C14H23N3O2S. The molecule has 5 nitrogen and oxygen atoms in total. The highest BCUT2D eigenvalue weighted by molar-refractivity contribution is 8.13. The normalized spacial score (nSPS) is 29.6. The predicted octanol–water partition coefficient (Wildman–Crippen LogP) is 1.24. The van der Waals surface area contributed by atoms with Crippen LogP contribution < -0.4 is 5.32 Å². The SMILES string of the molecule is O=C(CCSC1=NC2CCCC[C@@H]2N1)N1CCOCC1. The molecule has 0 bridgehead atoms. The van der Waals surface area contributed by atoms with Gasteiger partial charge in [-0.2, -0.15) is 0 Å². The van der Waals surface area contributed by atoms with Crippen molar-refractivity contribution >= 4 is 22.8 Å². The first kappa shape index (κ1) is 14.2. The summed E-state index contributed by atoms with van der Waals surface area (Å²) < 4.78 is 5.26. The predicted molar refractivity (Wildman–Crippen MR) is 81.1 cm³/mol. The van der Waals surface area contributed by atoms with Gasteiger partial charge in [-0.05, 0) is 12.8 Å². The van der Waals surface area contributed by atoms with E-state index in [4.69, 9.17) is 9.73 Å². The quantitative estimate of drug-likeness (QED) is 0.851. The zero-order valence-corrected chi connectivity index (χ0v) is 12.7. The third kappa shape index (κ3) is 3.47. The van der Waals surface area contributed by atoms with Gasteiger partial charge in [-0.15, -0.1) is 0 Å². The monoisotopic (exact) mass is 297 g/mol. The Morgan fingerprint density at radius 1 is 1.35 bits per heavy atom. The van der Waals surface area contributed by atoms with Gasteiger partial charge in [0.15, 0.2) is 5.17 Å². The Hall–Kier alpha value is -0.750. The van der Waals surface area contributed by atoms with Crippen LogP contribution in [-0.4, -0.2) is 60.1 Å². The van der Waals surface area contributed by atoms with Crippen molar-refractivity contribution in [2.75, 3.05) is 32.1 Å². The van der Waals surface area contributed by atoms with Crippen LogP contribution in [0.25, 0.3) is 0 Å². The minimum atomic E-state index is 0.247. The summed E-state index contributed by atoms with van der Waals surface area (Å²) in [6.45, 7) is 2.84. The van der Waals surface area contributed by atoms with E-state index in [0.29, 0.717) is 31.7 Å². The number of aliphatic imine (C=N–C) groups is 1. The van der Waals surface area contributed by atoms with Crippen LogP contribution in [0.15, 0.2) is 4.99 Å². The van der Waals surface area contributed by atoms with E-state index in [1.807, 2.05) is 4.90 Å². The van der Waals surface area contributed by atoms with Crippen molar-refractivity contribution in [1.29, 1.82) is 0 Å². The van der Waals surface area contributed by atoms with E-state index in [0.717, 1.165) is 24.0 Å². The first-order chi connectivity index (χ1) is 9.83. The fourth-order valence-electron chi connectivity index (χ4n) is 3.07. The van der Waals surface area contributed by atoms with Gasteiger partial charge in [0.25, 0.3) is 0 Å². The molecular weight excluding hydrogens is 274 g/mol. The summed E-state index contributed by atoms with van der Waals surface area (Å²) in [5.41, 5.74) is 0. The molecule has 2 atom stereocenters. The minimum absolute atomic E-state index is 0.247. The van der Waals surface area contributed by atoms with Gasteiger partial charge in [0.05, 0.1) is 25.3 Å². The average molecular weight is 297 g/mol. The third-order valence-electron chi connectivity index (χ3n) is 4.24. The van der Waals surface area contributed by atoms with Crippen molar-refractivity contribution in [3.8, 4) is 0 Å². The van der Waals surface area contributed by atoms with Crippen molar-refractivity contribution in [3.63, 3.8) is 0 Å². The van der Waals surface area contributed by atoms with Gasteiger partial charge in [0.2, 0.25) is 5.91 Å². The first-order valence-electron chi connectivity index (χ1n) is 7.65. The van der Waals surface area contributed by atoms with Gasteiger partial charge in [-0.25, -0.2) is 0 Å². The first-order valence-corrected chi connectivity index (χ1v) is 8.64. The largest absolute Gasteiger partial charge is 0.378 e. The van der Waals surface area contributed by atoms with Crippen molar-refractivity contribution < 1.29 is 9.53 Å². The molecule has 0 aromatic carbocycles. The summed E-state index contributed by atoms with van der Waals surface area (Å²) in [5.74, 6) is 1.07. The summed E-state index contributed by atoms with van der Waals surface area (Å²) in [5, 5.41) is 4.57. The minimum Gasteiger partial charge on any atom is -0.378 e. The number of carbonyl (C=O) groups excluding carboxylic acids is 1. The number of amides is 1. The van der Waals surface area contributed by atoms with Crippen LogP contribution in [0.4, 0.5) is 0 Å². The lowest BCUT2D eigenvalue weighted by molar-refractivity contribution is -0.134. The standard InChI is InChI=1S/C14H23N3O2S/c18-13(17-6-8-19-9-7-17)5-10-20-14-15-11-3-1-2-4-12(11)16-14/h11-12H,1-10H2,(H,15,16)/t11-,12?/m0/s1. The van der Waals surface area contributed by atoms with E-state index in [1.165, 1.54) is 25.7 Å². The second-order valence-electron chi connectivity index (χ2n) is 5.63. The lowest BCUT2D eigenvalue weighted by Crippen LogP contribution is -2.40. The number of hydrogen-bond acceptors (Lipinski definition) is 5. The number of fused-ring (bicyclic) bond motifs is 1. The van der Waals surface area contributed by atoms with Crippen molar-refractivity contribution in [3.05, 3.63) is 0 Å². The smallest absolute Gasteiger partial charge is 0.223 e. The molecule has 1 saturated heterocycles. The summed E-state index contributed by atoms with van der Waals surface area (Å²) in [6.07, 6.45) is 5.68. The van der Waals surface area contributed by atoms with Gasteiger partial charge in [0.1, 0.15) is 0 Å². The van der Waals surface area contributed by atoms with Crippen LogP contribution in [0.2, 0.25) is 0 Å². The molecule has 0 aromatic rings. The Kier molecular flexibility index (Phi) is 4.83. The zero-order chi connectivity index (χ0) is 13.8. The number of rotatable bonds is 3. The lowest BCUT2D eigenvalue weighted by atomic mass is 9.92. The molecule has 3 rings (SSSR count). The van der Waals surface area contributed by atoms with Gasteiger partial charge in [0, 0.05) is 25.3 Å². The Morgan fingerprint density at radius 3 is 2.95 bits per heavy atom. The fourth-order valence-corrected chi connectivity index (χ4v) is 3.98. The molecule has 1 saturated carbocycles. The zero-order valence-electron chi connectivity index (χ0n) is 11.8. The van der Waals surface area contributed by atoms with E-state index in [9.17, 15) is 4.79 Å². The Bertz CT molecular complexity index is 383. The van der Waals surface area contributed by atoms with Crippen molar-refractivity contribution in [1.82, 2.24) is 10.2 Å². The van der Waals surface area contributed by atoms with Crippen LogP contribution in [0.1, 0.15) is 32.1 Å². The molecule has 2 fully saturated rings. The van der Waals surface area contributed by atoms with E-state index >= 15 is 0 Å². The molecule has 0 spiro atoms. The van der Waals surface area contributed by atoms with Gasteiger partial charge in [-0.3, -0.25) is 9.79 Å². The molecule has 112 valence electrons. The fraction of sp³-hybridized carbons (Fsp3) is 0.857. The molecule has 20 heavy (non-hydrogen) atoms. The summed E-state index contributed by atoms with van der Waals surface area (Å²) in [6, 6.07) is 1.04. The van der Waals surface area contributed by atoms with Gasteiger partial charge < -0.3 is 15.0 Å². The molecule has 0 radical (unpaired) electrons. The second kappa shape index (κ2) is 6.80. The maximum Gasteiger partial charge on any atom is 0.223 e. The number of hydrogen-bond donors (Lipinski definition) is 1. The van der Waals surface area contributed by atoms with E-state index < -0.39 is 0 Å². The van der Waals surface area contributed by atoms with Crippen LogP contribution in [-0.2, 0) is 9.53 Å². The number of amidine groups is 1. The lowest BCUT2D eigenvalue weighted by Gasteiger charge is -2.26. The Labute approximate surface area is 124 Å². The molecule has 1 amide bonds. The summed E-state index contributed by atoms with van der Waals surface area (Å²) in [4.78, 5) is 18.7. The van der Waals surface area contributed by atoms with Gasteiger partial charge >= 0.3 is 0 Å². The molecule has 1 N–H and O–H groups in total. The maximum atomic E-state index is 12.0. The number of morpholine rings is 1. The van der Waals surface area contributed by atoms with Crippen LogP contribution >= 0.6 is 11.8 Å². The van der Waals surface area contributed by atoms with Crippen LogP contribution in [0.5, 0.6) is 0 Å².